The van der Waals surface area contributed by atoms with Crippen molar-refractivity contribution < 1.29 is 4.92 Å². The van der Waals surface area contributed by atoms with E-state index in [1.807, 2.05) is 13.0 Å². The Morgan fingerprint density at radius 3 is 2.89 bits per heavy atom. The molecule has 0 unspecified atom stereocenters. The number of nitro benzene ring substituents is 1. The molecular weight excluding hydrogens is 230 g/mol. The third-order valence-corrected chi connectivity index (χ3v) is 3.00. The minimum Gasteiger partial charge on any atom is -0.367 e. The normalized spacial score (nSPS) is 14.9. The number of rotatable bonds is 2. The molecule has 0 amide bonds. The summed E-state index contributed by atoms with van der Waals surface area (Å²) in [5, 5.41) is 19.7. The summed E-state index contributed by atoms with van der Waals surface area (Å²) >= 11 is 0. The molecule has 1 aromatic carbocycles. The first-order valence-electron chi connectivity index (χ1n) is 5.71. The molecule has 0 saturated heterocycles. The minimum atomic E-state index is -0.505. The van der Waals surface area contributed by atoms with Crippen LogP contribution in [0.4, 0.5) is 11.4 Å². The van der Waals surface area contributed by atoms with E-state index in [4.69, 9.17) is 5.26 Å². The van der Waals surface area contributed by atoms with Crippen molar-refractivity contribution in [1.82, 2.24) is 0 Å². The maximum atomic E-state index is 10.9. The largest absolute Gasteiger partial charge is 0.367 e. The van der Waals surface area contributed by atoms with Gasteiger partial charge in [-0.2, -0.15) is 5.26 Å². The van der Waals surface area contributed by atoms with Gasteiger partial charge < -0.3 is 4.90 Å². The number of nitrogens with zero attached hydrogens (tertiary/aromatic N) is 3. The second-order valence-corrected chi connectivity index (χ2v) is 4.33. The van der Waals surface area contributed by atoms with Crippen LogP contribution in [-0.4, -0.2) is 18.0 Å². The monoisotopic (exact) mass is 243 g/mol. The molecule has 0 atom stereocenters. The van der Waals surface area contributed by atoms with Crippen LogP contribution < -0.4 is 4.90 Å². The lowest BCUT2D eigenvalue weighted by Gasteiger charge is -2.28. The summed E-state index contributed by atoms with van der Waals surface area (Å²) in [7, 11) is 0. The zero-order valence-electron chi connectivity index (χ0n) is 10.1. The van der Waals surface area contributed by atoms with Crippen LogP contribution in [-0.2, 0) is 0 Å². The first-order chi connectivity index (χ1) is 8.61. The summed E-state index contributed by atoms with van der Waals surface area (Å²) in [5.41, 5.74) is 2.04. The highest BCUT2D eigenvalue weighted by atomic mass is 16.6. The fourth-order valence-corrected chi connectivity index (χ4v) is 2.09. The lowest BCUT2D eigenvalue weighted by Crippen LogP contribution is -2.29. The molecule has 0 N–H and O–H groups in total. The van der Waals surface area contributed by atoms with E-state index < -0.39 is 4.92 Å². The Morgan fingerprint density at radius 2 is 2.28 bits per heavy atom. The smallest absolute Gasteiger partial charge is 0.289 e. The fraction of sp³-hybridized carbons (Fsp3) is 0.308. The van der Waals surface area contributed by atoms with Crippen LogP contribution >= 0.6 is 0 Å². The first-order valence-corrected chi connectivity index (χ1v) is 5.71. The number of nitriles is 1. The Labute approximate surface area is 105 Å². The summed E-state index contributed by atoms with van der Waals surface area (Å²) < 4.78 is 0. The maximum Gasteiger partial charge on any atom is 0.289 e. The number of nitro groups is 1. The van der Waals surface area contributed by atoms with Crippen LogP contribution in [0, 0.1) is 21.4 Å². The van der Waals surface area contributed by atoms with Gasteiger partial charge in [-0.05, 0) is 25.5 Å². The molecule has 1 aliphatic rings. The SMILES string of the molecule is CC1=CCCN(c2ccc(C#N)c([N+](=O)[O-])c2)C1. The summed E-state index contributed by atoms with van der Waals surface area (Å²) in [4.78, 5) is 12.5. The van der Waals surface area contributed by atoms with Crippen LogP contribution in [0.1, 0.15) is 18.9 Å². The molecule has 0 spiro atoms. The highest BCUT2D eigenvalue weighted by molar-refractivity contribution is 5.61. The standard InChI is InChI=1S/C13H13N3O2/c1-10-3-2-6-15(9-10)12-5-4-11(8-14)13(7-12)16(17)18/h3-5,7H,2,6,9H2,1H3. The zero-order chi connectivity index (χ0) is 13.1. The molecule has 0 saturated carbocycles. The van der Waals surface area contributed by atoms with E-state index in [9.17, 15) is 10.1 Å². The predicted octanol–water partition coefficient (Wildman–Crippen LogP) is 2.62. The van der Waals surface area contributed by atoms with Crippen LogP contribution in [0.3, 0.4) is 0 Å². The number of hydrogen-bond acceptors (Lipinski definition) is 4. The van der Waals surface area contributed by atoms with Gasteiger partial charge in [0.2, 0.25) is 0 Å². The van der Waals surface area contributed by atoms with E-state index in [1.54, 1.807) is 6.07 Å². The Hall–Kier alpha value is -2.35. The molecule has 5 nitrogen and oxygen atoms in total. The highest BCUT2D eigenvalue weighted by Crippen LogP contribution is 2.27. The van der Waals surface area contributed by atoms with Gasteiger partial charge in [0.25, 0.3) is 5.69 Å². The summed E-state index contributed by atoms with van der Waals surface area (Å²) in [6.07, 6.45) is 3.12. The van der Waals surface area contributed by atoms with Gasteiger partial charge in [0, 0.05) is 24.8 Å². The lowest BCUT2D eigenvalue weighted by molar-refractivity contribution is -0.385. The van der Waals surface area contributed by atoms with E-state index in [1.165, 1.54) is 17.7 Å². The average Bonchev–Trinajstić information content (AvgIpc) is 2.38. The molecule has 0 aliphatic carbocycles. The third kappa shape index (κ3) is 2.33. The number of benzene rings is 1. The second-order valence-electron chi connectivity index (χ2n) is 4.33. The Balaban J connectivity index is 2.36. The van der Waals surface area contributed by atoms with E-state index in [2.05, 4.69) is 11.0 Å². The van der Waals surface area contributed by atoms with Gasteiger partial charge in [-0.1, -0.05) is 11.6 Å². The fourth-order valence-electron chi connectivity index (χ4n) is 2.09. The topological polar surface area (TPSA) is 70.2 Å². The number of anilines is 1. The van der Waals surface area contributed by atoms with Gasteiger partial charge in [0.15, 0.2) is 0 Å². The van der Waals surface area contributed by atoms with Crippen molar-refractivity contribution in [3.63, 3.8) is 0 Å². The average molecular weight is 243 g/mol. The second kappa shape index (κ2) is 4.88. The first kappa shape index (κ1) is 12.1. The molecule has 0 aromatic heterocycles. The molecule has 92 valence electrons. The minimum absolute atomic E-state index is 0.105. The van der Waals surface area contributed by atoms with Crippen LogP contribution in [0.5, 0.6) is 0 Å². The summed E-state index contributed by atoms with van der Waals surface area (Å²) in [5.74, 6) is 0. The van der Waals surface area contributed by atoms with E-state index >= 15 is 0 Å². The summed E-state index contributed by atoms with van der Waals surface area (Å²) in [6.45, 7) is 3.67. The zero-order valence-corrected chi connectivity index (χ0v) is 10.1. The molecule has 1 aliphatic heterocycles. The van der Waals surface area contributed by atoms with Crippen molar-refractivity contribution in [3.8, 4) is 6.07 Å². The van der Waals surface area contributed by atoms with Crippen molar-refractivity contribution in [2.75, 3.05) is 18.0 Å². The highest BCUT2D eigenvalue weighted by Gasteiger charge is 2.18. The van der Waals surface area contributed by atoms with Crippen molar-refractivity contribution in [2.45, 2.75) is 13.3 Å². The third-order valence-electron chi connectivity index (χ3n) is 3.00. The molecule has 0 radical (unpaired) electrons. The maximum absolute atomic E-state index is 10.9. The van der Waals surface area contributed by atoms with Crippen molar-refractivity contribution in [2.24, 2.45) is 0 Å². The van der Waals surface area contributed by atoms with Gasteiger partial charge in [0.05, 0.1) is 4.92 Å². The van der Waals surface area contributed by atoms with Gasteiger partial charge in [0.1, 0.15) is 11.6 Å². The van der Waals surface area contributed by atoms with Crippen LogP contribution in [0.25, 0.3) is 0 Å². The Kier molecular flexibility index (Phi) is 3.28. The van der Waals surface area contributed by atoms with Crippen LogP contribution in [0.2, 0.25) is 0 Å². The van der Waals surface area contributed by atoms with Crippen molar-refractivity contribution >= 4 is 11.4 Å². The van der Waals surface area contributed by atoms with Gasteiger partial charge in [-0.3, -0.25) is 10.1 Å². The Bertz CT molecular complexity index is 558. The molecule has 1 heterocycles. The van der Waals surface area contributed by atoms with Crippen molar-refractivity contribution in [1.29, 1.82) is 5.26 Å². The van der Waals surface area contributed by atoms with Gasteiger partial charge >= 0.3 is 0 Å². The molecule has 5 heteroatoms. The Morgan fingerprint density at radius 1 is 1.50 bits per heavy atom. The van der Waals surface area contributed by atoms with Crippen molar-refractivity contribution in [3.05, 3.63) is 45.5 Å². The molecule has 18 heavy (non-hydrogen) atoms. The molecule has 1 aromatic rings. The van der Waals surface area contributed by atoms with Crippen LogP contribution in [0.15, 0.2) is 29.8 Å². The predicted molar refractivity (Wildman–Crippen MR) is 68.4 cm³/mol. The summed E-state index contributed by atoms with van der Waals surface area (Å²) in [6, 6.07) is 6.61. The number of hydrogen-bond donors (Lipinski definition) is 0. The molecule has 0 fully saturated rings. The van der Waals surface area contributed by atoms with E-state index in [0.717, 1.165) is 25.2 Å². The lowest BCUT2D eigenvalue weighted by atomic mass is 10.1. The quantitative estimate of drug-likeness (QED) is 0.455. The molecule has 2 rings (SSSR count). The molecule has 0 bridgehead atoms. The van der Waals surface area contributed by atoms with E-state index in [0.29, 0.717) is 0 Å². The van der Waals surface area contributed by atoms with E-state index in [-0.39, 0.29) is 11.3 Å². The van der Waals surface area contributed by atoms with Gasteiger partial charge in [-0.15, -0.1) is 0 Å². The molecular formula is C13H13N3O2. The van der Waals surface area contributed by atoms with Gasteiger partial charge in [-0.25, -0.2) is 0 Å².